The van der Waals surface area contributed by atoms with E-state index in [1.165, 1.54) is 23.9 Å². The van der Waals surface area contributed by atoms with E-state index in [4.69, 9.17) is 0 Å². The first-order valence-electron chi connectivity index (χ1n) is 3.99. The van der Waals surface area contributed by atoms with Crippen LogP contribution in [-0.4, -0.2) is 19.7 Å². The van der Waals surface area contributed by atoms with E-state index in [2.05, 4.69) is 4.74 Å². The molecule has 0 aliphatic rings. The molecule has 0 radical (unpaired) electrons. The van der Waals surface area contributed by atoms with Crippen molar-refractivity contribution in [1.29, 1.82) is 0 Å². The first-order chi connectivity index (χ1) is 6.51. The zero-order chi connectivity index (χ0) is 10.6. The minimum Gasteiger partial charge on any atom is -0.522 e. The summed E-state index contributed by atoms with van der Waals surface area (Å²) in [7, 11) is 0. The molecule has 7 heteroatoms. The van der Waals surface area contributed by atoms with Gasteiger partial charge in [0.05, 0.1) is 6.51 Å². The normalized spacial score (nSPS) is 10.7. The Morgan fingerprint density at radius 3 is 2.13 bits per heavy atom. The summed E-state index contributed by atoms with van der Waals surface area (Å²) in [4.78, 5) is 0.995. The van der Waals surface area contributed by atoms with Crippen molar-refractivity contribution in [3.63, 3.8) is 0 Å². The molecule has 0 spiro atoms. The Morgan fingerprint density at radius 1 is 1.20 bits per heavy atom. The van der Waals surface area contributed by atoms with Gasteiger partial charge in [-0.1, -0.05) is 0 Å². The van der Waals surface area contributed by atoms with E-state index in [0.29, 0.717) is 0 Å². The minimum absolute atomic E-state index is 0. The zero-order valence-electron chi connectivity index (χ0n) is 8.54. The van der Waals surface area contributed by atoms with E-state index in [1.807, 2.05) is 6.26 Å². The van der Waals surface area contributed by atoms with E-state index in [1.54, 1.807) is 12.1 Å². The Morgan fingerprint density at radius 2 is 1.73 bits per heavy atom. The summed E-state index contributed by atoms with van der Waals surface area (Å²) in [5.41, 5.74) is 0. The Bertz CT molecular complexity index is 291. The summed E-state index contributed by atoms with van der Waals surface area (Å²) in [6, 6.07) is 6.52. The Hall–Kier alpha value is 0.861. The summed E-state index contributed by atoms with van der Waals surface area (Å²) >= 11 is 1.53. The molecular formula is C8H9BF3KOS. The largest absolute Gasteiger partial charge is 1.00 e. The summed E-state index contributed by atoms with van der Waals surface area (Å²) in [5.74, 6) is 0.252. The van der Waals surface area contributed by atoms with Gasteiger partial charge in [0.1, 0.15) is 5.75 Å². The first kappa shape index (κ1) is 15.9. The maximum absolute atomic E-state index is 11.8. The maximum atomic E-state index is 11.8. The van der Waals surface area contributed by atoms with Crippen molar-refractivity contribution >= 4 is 18.7 Å². The van der Waals surface area contributed by atoms with Gasteiger partial charge in [0.15, 0.2) is 0 Å². The van der Waals surface area contributed by atoms with Crippen LogP contribution in [0.5, 0.6) is 5.75 Å². The molecule has 1 aromatic rings. The average molecular weight is 260 g/mol. The number of thioether (sulfide) groups is 1. The molecular weight excluding hydrogens is 251 g/mol. The van der Waals surface area contributed by atoms with Gasteiger partial charge in [0.25, 0.3) is 0 Å². The molecule has 15 heavy (non-hydrogen) atoms. The van der Waals surface area contributed by atoms with Crippen molar-refractivity contribution < 1.29 is 69.1 Å². The van der Waals surface area contributed by atoms with E-state index in [9.17, 15) is 12.9 Å². The van der Waals surface area contributed by atoms with Gasteiger partial charge < -0.3 is 17.7 Å². The fraction of sp³-hybridized carbons (Fsp3) is 0.250. The minimum atomic E-state index is -4.87. The molecule has 1 aromatic carbocycles. The maximum Gasteiger partial charge on any atom is 1.00 e. The monoisotopic (exact) mass is 260 g/mol. The van der Waals surface area contributed by atoms with Crippen molar-refractivity contribution in [3.05, 3.63) is 24.3 Å². The van der Waals surface area contributed by atoms with Gasteiger partial charge in [-0.15, -0.1) is 11.8 Å². The molecule has 0 aliphatic carbocycles. The first-order valence-corrected chi connectivity index (χ1v) is 5.21. The molecule has 0 atom stereocenters. The predicted octanol–water partition coefficient (Wildman–Crippen LogP) is 0.178. The predicted molar refractivity (Wildman–Crippen MR) is 52.8 cm³/mol. The molecule has 0 fully saturated rings. The van der Waals surface area contributed by atoms with Crippen molar-refractivity contribution in [2.75, 3.05) is 12.8 Å². The second-order valence-corrected chi connectivity index (χ2v) is 3.58. The van der Waals surface area contributed by atoms with Gasteiger partial charge >= 0.3 is 58.4 Å². The molecule has 0 aromatic heterocycles. The van der Waals surface area contributed by atoms with Crippen molar-refractivity contribution in [1.82, 2.24) is 0 Å². The van der Waals surface area contributed by atoms with Crippen LogP contribution in [0.3, 0.4) is 0 Å². The smallest absolute Gasteiger partial charge is 0.522 e. The van der Waals surface area contributed by atoms with Gasteiger partial charge in [0.2, 0.25) is 0 Å². The number of hydrogen-bond acceptors (Lipinski definition) is 2. The summed E-state index contributed by atoms with van der Waals surface area (Å²) in [6.45, 7) is -6.05. The second kappa shape index (κ2) is 7.24. The van der Waals surface area contributed by atoms with Crippen LogP contribution in [0.25, 0.3) is 0 Å². The van der Waals surface area contributed by atoms with Crippen LogP contribution in [0.2, 0.25) is 0 Å². The Labute approximate surface area is 134 Å². The van der Waals surface area contributed by atoms with Crippen LogP contribution < -0.4 is 56.1 Å². The fourth-order valence-electron chi connectivity index (χ4n) is 0.863. The molecule has 1 rings (SSSR count). The van der Waals surface area contributed by atoms with Crippen LogP contribution in [0.4, 0.5) is 12.9 Å². The molecule has 0 bridgehead atoms. The number of halogens is 3. The molecule has 0 saturated heterocycles. The van der Waals surface area contributed by atoms with Gasteiger partial charge in [-0.25, -0.2) is 0 Å². The van der Waals surface area contributed by atoms with Crippen molar-refractivity contribution in [2.24, 2.45) is 0 Å². The van der Waals surface area contributed by atoms with Crippen LogP contribution in [-0.2, 0) is 0 Å². The third kappa shape index (κ3) is 6.91. The molecule has 78 valence electrons. The third-order valence-corrected chi connectivity index (χ3v) is 2.24. The summed E-state index contributed by atoms with van der Waals surface area (Å²) in [5, 5.41) is 0. The van der Waals surface area contributed by atoms with E-state index < -0.39 is 13.5 Å². The van der Waals surface area contributed by atoms with Gasteiger partial charge in [-0.3, -0.25) is 0 Å². The standard InChI is InChI=1S/C8H9BF3OS.K/c1-14-8-4-2-7(3-5-8)13-6-9(10,11)12;/h2-5H,6H2,1H3;/q-1;+1. The van der Waals surface area contributed by atoms with Crippen LogP contribution >= 0.6 is 11.8 Å². The van der Waals surface area contributed by atoms with E-state index in [-0.39, 0.29) is 57.1 Å². The van der Waals surface area contributed by atoms with Crippen molar-refractivity contribution in [3.8, 4) is 5.75 Å². The molecule has 0 aliphatic heterocycles. The van der Waals surface area contributed by atoms with E-state index in [0.717, 1.165) is 4.90 Å². The number of rotatable bonds is 4. The fourth-order valence-corrected chi connectivity index (χ4v) is 1.27. The Balaban J connectivity index is 0.00000196. The summed E-state index contributed by atoms with van der Waals surface area (Å²) < 4.78 is 40.0. The SMILES string of the molecule is CSc1ccc(OC[B-](F)(F)F)cc1.[K+]. The molecule has 1 nitrogen and oxygen atoms in total. The van der Waals surface area contributed by atoms with Gasteiger partial charge in [-0.05, 0) is 30.5 Å². The third-order valence-electron chi connectivity index (χ3n) is 1.50. The Kier molecular flexibility index (Phi) is 7.65. The number of ether oxygens (including phenoxy) is 1. The molecule has 0 unspecified atom stereocenters. The van der Waals surface area contributed by atoms with Crippen molar-refractivity contribution in [2.45, 2.75) is 4.90 Å². The van der Waals surface area contributed by atoms with Crippen LogP contribution in [0, 0.1) is 0 Å². The van der Waals surface area contributed by atoms with Crippen LogP contribution in [0.15, 0.2) is 29.2 Å². The molecule has 0 N–H and O–H groups in total. The number of hydrogen-bond donors (Lipinski definition) is 0. The number of benzene rings is 1. The summed E-state index contributed by atoms with van der Waals surface area (Å²) in [6.07, 6.45) is 1.90. The zero-order valence-corrected chi connectivity index (χ0v) is 12.5. The van der Waals surface area contributed by atoms with E-state index >= 15 is 0 Å². The van der Waals surface area contributed by atoms with Crippen LogP contribution in [0.1, 0.15) is 0 Å². The second-order valence-electron chi connectivity index (χ2n) is 2.70. The topological polar surface area (TPSA) is 9.23 Å². The van der Waals surface area contributed by atoms with Gasteiger partial charge in [0, 0.05) is 4.90 Å². The average Bonchev–Trinajstić information content (AvgIpc) is 2.14. The molecule has 0 amide bonds. The quantitative estimate of drug-likeness (QED) is 0.564. The molecule has 0 saturated carbocycles. The van der Waals surface area contributed by atoms with Gasteiger partial charge in [-0.2, -0.15) is 0 Å². The molecule has 0 heterocycles.